The standard InChI is InChI=1S/C23H28N4O2/c1-17-12-13-20(26-23(29)25-19-10-6-3-7-11-19)16-21(17)27-22(28)24-15-14-18-8-4-2-5-9-18/h3,6-8,10-13,16H,2,4-5,9,14-15H2,1H3,(H2,24,27,28)(H2,25,26,29). The van der Waals surface area contributed by atoms with Crippen molar-refractivity contribution < 1.29 is 9.59 Å². The Morgan fingerprint density at radius 2 is 1.69 bits per heavy atom. The lowest BCUT2D eigenvalue weighted by molar-refractivity contribution is 0.252. The molecule has 6 heteroatoms. The van der Waals surface area contributed by atoms with Gasteiger partial charge in [0.2, 0.25) is 0 Å². The minimum Gasteiger partial charge on any atom is -0.338 e. The largest absolute Gasteiger partial charge is 0.338 e. The van der Waals surface area contributed by atoms with Gasteiger partial charge in [0, 0.05) is 23.6 Å². The van der Waals surface area contributed by atoms with E-state index in [-0.39, 0.29) is 12.1 Å². The molecule has 0 saturated heterocycles. The minimum absolute atomic E-state index is 0.240. The zero-order valence-corrected chi connectivity index (χ0v) is 16.8. The predicted octanol–water partition coefficient (Wildman–Crippen LogP) is 5.65. The van der Waals surface area contributed by atoms with Gasteiger partial charge in [0.1, 0.15) is 0 Å². The first-order valence-electron chi connectivity index (χ1n) is 10.1. The molecule has 29 heavy (non-hydrogen) atoms. The average Bonchev–Trinajstić information content (AvgIpc) is 2.72. The van der Waals surface area contributed by atoms with Crippen molar-refractivity contribution in [2.45, 2.75) is 39.0 Å². The molecule has 4 N–H and O–H groups in total. The molecule has 6 nitrogen and oxygen atoms in total. The van der Waals surface area contributed by atoms with Crippen LogP contribution in [0.1, 0.15) is 37.7 Å². The molecule has 0 aliphatic heterocycles. The van der Waals surface area contributed by atoms with E-state index in [4.69, 9.17) is 0 Å². The highest BCUT2D eigenvalue weighted by Crippen LogP contribution is 2.21. The van der Waals surface area contributed by atoms with Crippen LogP contribution < -0.4 is 21.3 Å². The van der Waals surface area contributed by atoms with E-state index in [1.54, 1.807) is 12.1 Å². The van der Waals surface area contributed by atoms with E-state index in [2.05, 4.69) is 27.3 Å². The Morgan fingerprint density at radius 3 is 2.45 bits per heavy atom. The highest BCUT2D eigenvalue weighted by Gasteiger charge is 2.09. The Bertz CT molecular complexity index is 878. The molecule has 0 radical (unpaired) electrons. The van der Waals surface area contributed by atoms with Crippen molar-refractivity contribution in [3.05, 3.63) is 65.7 Å². The average molecular weight is 393 g/mol. The van der Waals surface area contributed by atoms with E-state index in [1.165, 1.54) is 18.4 Å². The summed E-state index contributed by atoms with van der Waals surface area (Å²) in [6.45, 7) is 2.53. The molecule has 0 bridgehead atoms. The Morgan fingerprint density at radius 1 is 0.897 bits per heavy atom. The quantitative estimate of drug-likeness (QED) is 0.479. The first kappa shape index (κ1) is 20.5. The molecule has 4 amide bonds. The predicted molar refractivity (Wildman–Crippen MR) is 118 cm³/mol. The number of rotatable bonds is 6. The number of hydrogen-bond acceptors (Lipinski definition) is 2. The number of amides is 4. The van der Waals surface area contributed by atoms with Crippen molar-refractivity contribution in [2.24, 2.45) is 0 Å². The van der Waals surface area contributed by atoms with E-state index >= 15 is 0 Å². The lowest BCUT2D eigenvalue weighted by Gasteiger charge is -2.14. The van der Waals surface area contributed by atoms with Gasteiger partial charge in [-0.3, -0.25) is 0 Å². The molecule has 0 fully saturated rings. The summed E-state index contributed by atoms with van der Waals surface area (Å²) in [5.41, 5.74) is 4.33. The molecule has 0 saturated carbocycles. The van der Waals surface area contributed by atoms with Gasteiger partial charge < -0.3 is 21.3 Å². The summed E-state index contributed by atoms with van der Waals surface area (Å²) in [6, 6.07) is 14.1. The fourth-order valence-corrected chi connectivity index (χ4v) is 3.28. The molecule has 0 atom stereocenters. The van der Waals surface area contributed by atoms with Crippen LogP contribution in [0.4, 0.5) is 26.7 Å². The molecule has 1 aliphatic rings. The Balaban J connectivity index is 1.50. The van der Waals surface area contributed by atoms with Gasteiger partial charge in [-0.25, -0.2) is 9.59 Å². The molecule has 2 aromatic carbocycles. The molecule has 2 aromatic rings. The zero-order chi connectivity index (χ0) is 20.5. The molecule has 1 aliphatic carbocycles. The zero-order valence-electron chi connectivity index (χ0n) is 16.8. The van der Waals surface area contributed by atoms with Crippen LogP contribution in [-0.4, -0.2) is 18.6 Å². The smallest absolute Gasteiger partial charge is 0.323 e. The van der Waals surface area contributed by atoms with Gasteiger partial charge in [-0.05, 0) is 68.9 Å². The second-order valence-corrected chi connectivity index (χ2v) is 7.21. The van der Waals surface area contributed by atoms with E-state index in [0.29, 0.717) is 23.6 Å². The number of allylic oxidation sites excluding steroid dienone is 1. The Hall–Kier alpha value is -3.28. The van der Waals surface area contributed by atoms with E-state index in [0.717, 1.165) is 24.8 Å². The van der Waals surface area contributed by atoms with Crippen LogP contribution in [0.25, 0.3) is 0 Å². The number of carbonyl (C=O) groups excluding carboxylic acids is 2. The van der Waals surface area contributed by atoms with Crippen molar-refractivity contribution in [1.29, 1.82) is 0 Å². The highest BCUT2D eigenvalue weighted by atomic mass is 16.2. The second kappa shape index (κ2) is 10.3. The van der Waals surface area contributed by atoms with Crippen molar-refractivity contribution >= 4 is 29.1 Å². The van der Waals surface area contributed by atoms with Crippen molar-refractivity contribution in [3.8, 4) is 0 Å². The lowest BCUT2D eigenvalue weighted by atomic mass is 9.97. The number of benzene rings is 2. The normalized spacial score (nSPS) is 13.2. The van der Waals surface area contributed by atoms with Crippen LogP contribution in [-0.2, 0) is 0 Å². The van der Waals surface area contributed by atoms with Crippen LogP contribution in [0, 0.1) is 6.92 Å². The second-order valence-electron chi connectivity index (χ2n) is 7.21. The molecular formula is C23H28N4O2. The third-order valence-corrected chi connectivity index (χ3v) is 4.89. The third kappa shape index (κ3) is 6.68. The van der Waals surface area contributed by atoms with Crippen molar-refractivity contribution in [1.82, 2.24) is 5.32 Å². The summed E-state index contributed by atoms with van der Waals surface area (Å²) < 4.78 is 0. The van der Waals surface area contributed by atoms with Crippen LogP contribution in [0.15, 0.2) is 60.2 Å². The van der Waals surface area contributed by atoms with Crippen LogP contribution >= 0.6 is 0 Å². The first-order valence-corrected chi connectivity index (χ1v) is 10.1. The van der Waals surface area contributed by atoms with E-state index in [9.17, 15) is 9.59 Å². The molecular weight excluding hydrogens is 364 g/mol. The molecule has 0 heterocycles. The van der Waals surface area contributed by atoms with Gasteiger partial charge in [-0.2, -0.15) is 0 Å². The summed E-state index contributed by atoms with van der Waals surface area (Å²) in [4.78, 5) is 24.4. The van der Waals surface area contributed by atoms with Crippen molar-refractivity contribution in [3.63, 3.8) is 0 Å². The van der Waals surface area contributed by atoms with Gasteiger partial charge in [-0.1, -0.05) is 35.9 Å². The van der Waals surface area contributed by atoms with Gasteiger partial charge in [0.05, 0.1) is 0 Å². The molecule has 3 rings (SSSR count). The number of aryl methyl sites for hydroxylation is 1. The highest BCUT2D eigenvalue weighted by molar-refractivity contribution is 6.00. The maximum Gasteiger partial charge on any atom is 0.323 e. The summed E-state index contributed by atoms with van der Waals surface area (Å²) in [6.07, 6.45) is 8.00. The molecule has 152 valence electrons. The number of hydrogen-bond donors (Lipinski definition) is 4. The van der Waals surface area contributed by atoms with Gasteiger partial charge >= 0.3 is 12.1 Å². The SMILES string of the molecule is Cc1ccc(NC(=O)Nc2ccccc2)cc1NC(=O)NCCC1=CCCCC1. The summed E-state index contributed by atoms with van der Waals surface area (Å²) >= 11 is 0. The van der Waals surface area contributed by atoms with Gasteiger partial charge in [0.15, 0.2) is 0 Å². The molecule has 0 spiro atoms. The van der Waals surface area contributed by atoms with Crippen LogP contribution in [0.5, 0.6) is 0 Å². The third-order valence-electron chi connectivity index (χ3n) is 4.89. The Labute approximate surface area is 171 Å². The number of anilines is 3. The fourth-order valence-electron chi connectivity index (χ4n) is 3.28. The van der Waals surface area contributed by atoms with Crippen LogP contribution in [0.3, 0.4) is 0 Å². The summed E-state index contributed by atoms with van der Waals surface area (Å²) in [5.74, 6) is 0. The maximum absolute atomic E-state index is 12.2. The Kier molecular flexibility index (Phi) is 7.28. The number of carbonyl (C=O) groups is 2. The van der Waals surface area contributed by atoms with Gasteiger partial charge in [-0.15, -0.1) is 0 Å². The minimum atomic E-state index is -0.337. The number of para-hydroxylation sites is 1. The monoisotopic (exact) mass is 392 g/mol. The first-order chi connectivity index (χ1) is 14.1. The molecule has 0 aromatic heterocycles. The van der Waals surface area contributed by atoms with Gasteiger partial charge in [0.25, 0.3) is 0 Å². The lowest BCUT2D eigenvalue weighted by Crippen LogP contribution is -2.30. The maximum atomic E-state index is 12.2. The van der Waals surface area contributed by atoms with Crippen molar-refractivity contribution in [2.75, 3.05) is 22.5 Å². The summed E-state index contributed by atoms with van der Waals surface area (Å²) in [7, 11) is 0. The molecule has 0 unspecified atom stereocenters. The van der Waals surface area contributed by atoms with E-state index < -0.39 is 0 Å². The number of nitrogens with one attached hydrogen (secondary N) is 4. The van der Waals surface area contributed by atoms with Crippen LogP contribution in [0.2, 0.25) is 0 Å². The fraction of sp³-hybridized carbons (Fsp3) is 0.304. The summed E-state index contributed by atoms with van der Waals surface area (Å²) in [5, 5.41) is 11.3. The number of urea groups is 2. The van der Waals surface area contributed by atoms with E-state index in [1.807, 2.05) is 43.3 Å². The topological polar surface area (TPSA) is 82.3 Å².